The minimum atomic E-state index is 0.346. The van der Waals surface area contributed by atoms with Crippen LogP contribution in [0.25, 0.3) is 22.8 Å². The molecule has 0 spiro atoms. The molecule has 0 radical (unpaired) electrons. The molecule has 5 nitrogen and oxygen atoms in total. The summed E-state index contributed by atoms with van der Waals surface area (Å²) < 4.78 is 11.3. The van der Waals surface area contributed by atoms with Gasteiger partial charge < -0.3 is 9.26 Å². The first kappa shape index (κ1) is 15.4. The quantitative estimate of drug-likeness (QED) is 0.699. The molecule has 1 saturated carbocycles. The van der Waals surface area contributed by atoms with Gasteiger partial charge in [0.15, 0.2) is 0 Å². The van der Waals surface area contributed by atoms with Crippen molar-refractivity contribution >= 4 is 0 Å². The number of benzene rings is 2. The SMILES string of the molecule is N#Cc1ccc(-c2nc(-c3ccc(OC4CCCC4)cc3)no2)cc1. The van der Waals surface area contributed by atoms with Gasteiger partial charge in [0.2, 0.25) is 5.82 Å². The molecule has 4 rings (SSSR count). The lowest BCUT2D eigenvalue weighted by molar-refractivity contribution is 0.210. The first-order valence-electron chi connectivity index (χ1n) is 8.43. The van der Waals surface area contributed by atoms with Crippen molar-refractivity contribution in [3.05, 3.63) is 54.1 Å². The van der Waals surface area contributed by atoms with E-state index in [0.717, 1.165) is 29.7 Å². The summed E-state index contributed by atoms with van der Waals surface area (Å²) in [5.74, 6) is 1.85. The summed E-state index contributed by atoms with van der Waals surface area (Å²) in [6.07, 6.45) is 5.13. The summed E-state index contributed by atoms with van der Waals surface area (Å²) in [6, 6.07) is 16.9. The molecular formula is C20H17N3O2. The Balaban J connectivity index is 1.50. The van der Waals surface area contributed by atoms with Gasteiger partial charge in [0, 0.05) is 11.1 Å². The van der Waals surface area contributed by atoms with Gasteiger partial charge in [0.25, 0.3) is 5.89 Å². The monoisotopic (exact) mass is 331 g/mol. The van der Waals surface area contributed by atoms with Crippen molar-refractivity contribution in [1.29, 1.82) is 5.26 Å². The summed E-state index contributed by atoms with van der Waals surface area (Å²) >= 11 is 0. The molecular weight excluding hydrogens is 314 g/mol. The lowest BCUT2D eigenvalue weighted by Gasteiger charge is -2.12. The highest BCUT2D eigenvalue weighted by molar-refractivity contribution is 5.61. The summed E-state index contributed by atoms with van der Waals surface area (Å²) in [5.41, 5.74) is 2.27. The molecule has 25 heavy (non-hydrogen) atoms. The van der Waals surface area contributed by atoms with E-state index in [4.69, 9.17) is 14.5 Å². The second kappa shape index (κ2) is 6.78. The van der Waals surface area contributed by atoms with Gasteiger partial charge in [-0.3, -0.25) is 0 Å². The molecule has 0 atom stereocenters. The fourth-order valence-electron chi connectivity index (χ4n) is 3.03. The number of aromatic nitrogens is 2. The molecule has 0 bridgehead atoms. The number of nitriles is 1. The second-order valence-electron chi connectivity index (χ2n) is 6.16. The Morgan fingerprint density at radius 2 is 1.64 bits per heavy atom. The Hall–Kier alpha value is -3.13. The van der Waals surface area contributed by atoms with Crippen molar-refractivity contribution in [2.75, 3.05) is 0 Å². The van der Waals surface area contributed by atoms with Gasteiger partial charge in [-0.15, -0.1) is 0 Å². The van der Waals surface area contributed by atoms with Crippen molar-refractivity contribution in [3.8, 4) is 34.7 Å². The molecule has 2 aromatic carbocycles. The Morgan fingerprint density at radius 1 is 0.960 bits per heavy atom. The first-order valence-corrected chi connectivity index (χ1v) is 8.43. The van der Waals surface area contributed by atoms with Gasteiger partial charge in [-0.1, -0.05) is 5.16 Å². The molecule has 0 amide bonds. The Bertz CT molecular complexity index is 886. The second-order valence-corrected chi connectivity index (χ2v) is 6.16. The highest BCUT2D eigenvalue weighted by Crippen LogP contribution is 2.27. The number of ether oxygens (including phenoxy) is 1. The van der Waals surface area contributed by atoms with E-state index in [-0.39, 0.29) is 0 Å². The fourth-order valence-corrected chi connectivity index (χ4v) is 3.03. The number of rotatable bonds is 4. The van der Waals surface area contributed by atoms with E-state index in [9.17, 15) is 0 Å². The van der Waals surface area contributed by atoms with E-state index in [1.165, 1.54) is 12.8 Å². The van der Waals surface area contributed by atoms with Crippen LogP contribution in [0.3, 0.4) is 0 Å². The van der Waals surface area contributed by atoms with Gasteiger partial charge in [-0.25, -0.2) is 0 Å². The van der Waals surface area contributed by atoms with E-state index < -0.39 is 0 Å². The Kier molecular flexibility index (Phi) is 4.17. The molecule has 0 unspecified atom stereocenters. The van der Waals surface area contributed by atoms with Crippen molar-refractivity contribution in [1.82, 2.24) is 10.1 Å². The van der Waals surface area contributed by atoms with Crippen LogP contribution in [0.15, 0.2) is 53.1 Å². The highest BCUT2D eigenvalue weighted by Gasteiger charge is 2.16. The number of nitrogens with zero attached hydrogens (tertiary/aromatic N) is 3. The van der Waals surface area contributed by atoms with Gasteiger partial charge in [0.1, 0.15) is 5.75 Å². The average molecular weight is 331 g/mol. The van der Waals surface area contributed by atoms with Crippen molar-refractivity contribution in [2.45, 2.75) is 31.8 Å². The van der Waals surface area contributed by atoms with E-state index in [0.29, 0.717) is 23.4 Å². The molecule has 0 aliphatic heterocycles. The predicted octanol–water partition coefficient (Wildman–Crippen LogP) is 4.60. The van der Waals surface area contributed by atoms with Crippen molar-refractivity contribution in [3.63, 3.8) is 0 Å². The predicted molar refractivity (Wildman–Crippen MR) is 92.8 cm³/mol. The zero-order valence-corrected chi connectivity index (χ0v) is 13.7. The lowest BCUT2D eigenvalue weighted by Crippen LogP contribution is -2.10. The molecule has 1 aliphatic carbocycles. The molecule has 0 saturated heterocycles. The third-order valence-electron chi connectivity index (χ3n) is 4.40. The highest BCUT2D eigenvalue weighted by atomic mass is 16.5. The van der Waals surface area contributed by atoms with Crippen molar-refractivity contribution < 1.29 is 9.26 Å². The van der Waals surface area contributed by atoms with Crippen LogP contribution in [0.5, 0.6) is 5.75 Å². The van der Waals surface area contributed by atoms with Crippen LogP contribution >= 0.6 is 0 Å². The van der Waals surface area contributed by atoms with E-state index in [1.54, 1.807) is 24.3 Å². The first-order chi connectivity index (χ1) is 12.3. The lowest BCUT2D eigenvalue weighted by atomic mass is 10.1. The molecule has 0 N–H and O–H groups in total. The van der Waals surface area contributed by atoms with Crippen molar-refractivity contribution in [2.24, 2.45) is 0 Å². The van der Waals surface area contributed by atoms with Gasteiger partial charge in [-0.05, 0) is 74.2 Å². The molecule has 1 heterocycles. The average Bonchev–Trinajstić information content (AvgIpc) is 3.34. The smallest absolute Gasteiger partial charge is 0.258 e. The van der Waals surface area contributed by atoms with Gasteiger partial charge in [0.05, 0.1) is 17.7 Å². The summed E-state index contributed by atoms with van der Waals surface area (Å²) in [5, 5.41) is 12.9. The van der Waals surface area contributed by atoms with Gasteiger partial charge >= 0.3 is 0 Å². The third kappa shape index (κ3) is 3.38. The minimum Gasteiger partial charge on any atom is -0.490 e. The molecule has 1 aromatic heterocycles. The van der Waals surface area contributed by atoms with Crippen LogP contribution in [0, 0.1) is 11.3 Å². The maximum absolute atomic E-state index is 8.85. The van der Waals surface area contributed by atoms with Gasteiger partial charge in [-0.2, -0.15) is 10.2 Å². The van der Waals surface area contributed by atoms with Crippen LogP contribution in [0.4, 0.5) is 0 Å². The standard InChI is InChI=1S/C20H17N3O2/c21-13-14-5-7-16(8-6-14)20-22-19(23-25-20)15-9-11-18(12-10-15)24-17-3-1-2-4-17/h5-12,17H,1-4H2. The number of hydrogen-bond donors (Lipinski definition) is 0. The van der Waals surface area contributed by atoms with Crippen LogP contribution < -0.4 is 4.74 Å². The van der Waals surface area contributed by atoms with E-state index in [1.807, 2.05) is 24.3 Å². The van der Waals surface area contributed by atoms with E-state index in [2.05, 4.69) is 16.2 Å². The zero-order chi connectivity index (χ0) is 17.1. The largest absolute Gasteiger partial charge is 0.490 e. The normalized spacial score (nSPS) is 14.4. The Morgan fingerprint density at radius 3 is 2.32 bits per heavy atom. The van der Waals surface area contributed by atoms with E-state index >= 15 is 0 Å². The van der Waals surface area contributed by atoms with Crippen LogP contribution in [-0.4, -0.2) is 16.2 Å². The zero-order valence-electron chi connectivity index (χ0n) is 13.7. The summed E-state index contributed by atoms with van der Waals surface area (Å²) in [4.78, 5) is 4.44. The molecule has 124 valence electrons. The Labute approximate surface area is 145 Å². The maximum Gasteiger partial charge on any atom is 0.258 e. The molecule has 1 fully saturated rings. The van der Waals surface area contributed by atoms with Crippen LogP contribution in [0.1, 0.15) is 31.2 Å². The maximum atomic E-state index is 8.85. The molecule has 3 aromatic rings. The number of hydrogen-bond acceptors (Lipinski definition) is 5. The third-order valence-corrected chi connectivity index (χ3v) is 4.40. The molecule has 5 heteroatoms. The topological polar surface area (TPSA) is 71.9 Å². The summed E-state index contributed by atoms with van der Waals surface area (Å²) in [7, 11) is 0. The fraction of sp³-hybridized carbons (Fsp3) is 0.250. The minimum absolute atomic E-state index is 0.346. The van der Waals surface area contributed by atoms with Crippen LogP contribution in [-0.2, 0) is 0 Å². The summed E-state index contributed by atoms with van der Waals surface area (Å²) in [6.45, 7) is 0. The van der Waals surface area contributed by atoms with Crippen LogP contribution in [0.2, 0.25) is 0 Å². The molecule has 1 aliphatic rings.